The molecule has 0 spiro atoms. The molecule has 0 saturated carbocycles. The van der Waals surface area contributed by atoms with Crippen molar-refractivity contribution in [1.29, 1.82) is 0 Å². The van der Waals surface area contributed by atoms with Crippen LogP contribution in [0.1, 0.15) is 39.5 Å². The largest absolute Gasteiger partial charge is 0.465 e. The Balaban J connectivity index is 2.25. The maximum absolute atomic E-state index is 11.7. The summed E-state index contributed by atoms with van der Waals surface area (Å²) in [4.78, 5) is 14.0. The SMILES string of the molecule is CCCCOC(=O)C1CCCN(CC)C1. The molecule has 0 amide bonds. The van der Waals surface area contributed by atoms with Crippen molar-refractivity contribution in [2.75, 3.05) is 26.2 Å². The third-order valence-corrected chi connectivity index (χ3v) is 3.03. The number of esters is 1. The van der Waals surface area contributed by atoms with Gasteiger partial charge < -0.3 is 9.64 Å². The smallest absolute Gasteiger partial charge is 0.310 e. The highest BCUT2D eigenvalue weighted by molar-refractivity contribution is 5.72. The molecule has 15 heavy (non-hydrogen) atoms. The van der Waals surface area contributed by atoms with Gasteiger partial charge in [0, 0.05) is 6.54 Å². The van der Waals surface area contributed by atoms with Crippen molar-refractivity contribution in [1.82, 2.24) is 4.90 Å². The molecule has 0 aliphatic carbocycles. The van der Waals surface area contributed by atoms with Crippen molar-refractivity contribution in [3.05, 3.63) is 0 Å². The average molecular weight is 213 g/mol. The summed E-state index contributed by atoms with van der Waals surface area (Å²) in [5.41, 5.74) is 0. The van der Waals surface area contributed by atoms with Crippen LogP contribution < -0.4 is 0 Å². The standard InChI is InChI=1S/C12H23NO2/c1-3-5-9-15-12(14)11-7-6-8-13(4-2)10-11/h11H,3-10H2,1-2H3. The first-order chi connectivity index (χ1) is 7.27. The molecular formula is C12H23NO2. The van der Waals surface area contributed by atoms with Gasteiger partial charge in [0.1, 0.15) is 0 Å². The molecular weight excluding hydrogens is 190 g/mol. The topological polar surface area (TPSA) is 29.5 Å². The van der Waals surface area contributed by atoms with Crippen molar-refractivity contribution in [3.8, 4) is 0 Å². The van der Waals surface area contributed by atoms with Gasteiger partial charge in [-0.25, -0.2) is 0 Å². The van der Waals surface area contributed by atoms with Gasteiger partial charge >= 0.3 is 5.97 Å². The molecule has 1 atom stereocenters. The van der Waals surface area contributed by atoms with E-state index in [9.17, 15) is 4.79 Å². The lowest BCUT2D eigenvalue weighted by Gasteiger charge is -2.30. The minimum Gasteiger partial charge on any atom is -0.465 e. The van der Waals surface area contributed by atoms with Crippen LogP contribution in [0.3, 0.4) is 0 Å². The van der Waals surface area contributed by atoms with Gasteiger partial charge in [0.15, 0.2) is 0 Å². The Hall–Kier alpha value is -0.570. The van der Waals surface area contributed by atoms with E-state index in [1.54, 1.807) is 0 Å². The summed E-state index contributed by atoms with van der Waals surface area (Å²) in [5, 5.41) is 0. The summed E-state index contributed by atoms with van der Waals surface area (Å²) in [6, 6.07) is 0. The molecule has 1 aliphatic heterocycles. The van der Waals surface area contributed by atoms with Crippen molar-refractivity contribution < 1.29 is 9.53 Å². The number of hydrogen-bond acceptors (Lipinski definition) is 3. The summed E-state index contributed by atoms with van der Waals surface area (Å²) >= 11 is 0. The molecule has 1 heterocycles. The summed E-state index contributed by atoms with van der Waals surface area (Å²) < 4.78 is 5.25. The van der Waals surface area contributed by atoms with E-state index in [1.807, 2.05) is 0 Å². The highest BCUT2D eigenvalue weighted by Gasteiger charge is 2.25. The maximum atomic E-state index is 11.7. The summed E-state index contributed by atoms with van der Waals surface area (Å²) in [7, 11) is 0. The second-order valence-corrected chi connectivity index (χ2v) is 4.25. The number of carbonyl (C=O) groups excluding carboxylic acids is 1. The van der Waals surface area contributed by atoms with E-state index in [0.717, 1.165) is 45.3 Å². The Morgan fingerprint density at radius 3 is 2.93 bits per heavy atom. The van der Waals surface area contributed by atoms with Crippen LogP contribution >= 0.6 is 0 Å². The van der Waals surface area contributed by atoms with Gasteiger partial charge in [-0.1, -0.05) is 20.3 Å². The van der Waals surface area contributed by atoms with Gasteiger partial charge in [-0.3, -0.25) is 4.79 Å². The number of nitrogens with zero attached hydrogens (tertiary/aromatic N) is 1. The van der Waals surface area contributed by atoms with E-state index in [-0.39, 0.29) is 11.9 Å². The number of likely N-dealkylation sites (tertiary alicyclic amines) is 1. The molecule has 3 nitrogen and oxygen atoms in total. The van der Waals surface area contributed by atoms with E-state index in [0.29, 0.717) is 6.61 Å². The van der Waals surface area contributed by atoms with Crippen molar-refractivity contribution in [2.24, 2.45) is 5.92 Å². The fourth-order valence-electron chi connectivity index (χ4n) is 1.97. The Morgan fingerprint density at radius 2 is 2.27 bits per heavy atom. The van der Waals surface area contributed by atoms with Crippen LogP contribution in [-0.4, -0.2) is 37.1 Å². The van der Waals surface area contributed by atoms with Gasteiger partial charge in [0.25, 0.3) is 0 Å². The summed E-state index contributed by atoms with van der Waals surface area (Å²) in [6.07, 6.45) is 4.19. The van der Waals surface area contributed by atoms with E-state index in [4.69, 9.17) is 4.74 Å². The maximum Gasteiger partial charge on any atom is 0.310 e. The number of unbranched alkanes of at least 4 members (excludes halogenated alkanes) is 1. The molecule has 0 aromatic heterocycles. The molecule has 0 aromatic carbocycles. The lowest BCUT2D eigenvalue weighted by atomic mass is 9.98. The van der Waals surface area contributed by atoms with Gasteiger partial charge in [0.05, 0.1) is 12.5 Å². The fourth-order valence-corrected chi connectivity index (χ4v) is 1.97. The zero-order chi connectivity index (χ0) is 11.1. The Labute approximate surface area is 92.8 Å². The third kappa shape index (κ3) is 4.20. The summed E-state index contributed by atoms with van der Waals surface area (Å²) in [5.74, 6) is 0.136. The van der Waals surface area contributed by atoms with Crippen LogP contribution in [0.15, 0.2) is 0 Å². The van der Waals surface area contributed by atoms with Crippen LogP contribution in [0, 0.1) is 5.92 Å². The highest BCUT2D eigenvalue weighted by Crippen LogP contribution is 2.17. The van der Waals surface area contributed by atoms with Crippen LogP contribution in [0.25, 0.3) is 0 Å². The highest BCUT2D eigenvalue weighted by atomic mass is 16.5. The Morgan fingerprint density at radius 1 is 1.47 bits per heavy atom. The number of piperidine rings is 1. The second kappa shape index (κ2) is 6.83. The molecule has 0 aromatic rings. The zero-order valence-electron chi connectivity index (χ0n) is 10.00. The monoisotopic (exact) mass is 213 g/mol. The molecule has 3 heteroatoms. The van der Waals surface area contributed by atoms with Crippen molar-refractivity contribution in [3.63, 3.8) is 0 Å². The zero-order valence-corrected chi connectivity index (χ0v) is 10.00. The van der Waals surface area contributed by atoms with Crippen LogP contribution in [-0.2, 0) is 9.53 Å². The van der Waals surface area contributed by atoms with Crippen LogP contribution in [0.2, 0.25) is 0 Å². The van der Waals surface area contributed by atoms with Gasteiger partial charge in [-0.15, -0.1) is 0 Å². The Kier molecular flexibility index (Phi) is 5.69. The van der Waals surface area contributed by atoms with Crippen molar-refractivity contribution in [2.45, 2.75) is 39.5 Å². The average Bonchev–Trinajstić information content (AvgIpc) is 2.29. The molecule has 1 aliphatic rings. The molecule has 1 saturated heterocycles. The predicted octanol–water partition coefficient (Wildman–Crippen LogP) is 2.06. The minimum atomic E-state index is 0.0154. The Bertz CT molecular complexity index is 194. The minimum absolute atomic E-state index is 0.0154. The molecule has 88 valence electrons. The van der Waals surface area contributed by atoms with Gasteiger partial charge in [-0.05, 0) is 32.4 Å². The van der Waals surface area contributed by atoms with E-state index in [1.165, 1.54) is 0 Å². The van der Waals surface area contributed by atoms with Crippen molar-refractivity contribution >= 4 is 5.97 Å². The quantitative estimate of drug-likeness (QED) is 0.517. The van der Waals surface area contributed by atoms with Crippen LogP contribution in [0.4, 0.5) is 0 Å². The molecule has 0 bridgehead atoms. The number of carbonyl (C=O) groups is 1. The molecule has 1 rings (SSSR count). The van der Waals surface area contributed by atoms with Crippen LogP contribution in [0.5, 0.6) is 0 Å². The number of rotatable bonds is 5. The first-order valence-electron chi connectivity index (χ1n) is 6.16. The normalized spacial score (nSPS) is 22.7. The third-order valence-electron chi connectivity index (χ3n) is 3.03. The first kappa shape index (κ1) is 12.5. The van der Waals surface area contributed by atoms with Gasteiger partial charge in [0.2, 0.25) is 0 Å². The lowest BCUT2D eigenvalue weighted by molar-refractivity contribution is -0.150. The molecule has 0 radical (unpaired) electrons. The van der Waals surface area contributed by atoms with E-state index in [2.05, 4.69) is 18.7 Å². The first-order valence-corrected chi connectivity index (χ1v) is 6.16. The number of hydrogen-bond donors (Lipinski definition) is 0. The lowest BCUT2D eigenvalue weighted by Crippen LogP contribution is -2.39. The fraction of sp³-hybridized carbons (Fsp3) is 0.917. The molecule has 1 fully saturated rings. The van der Waals surface area contributed by atoms with Gasteiger partial charge in [-0.2, -0.15) is 0 Å². The molecule has 1 unspecified atom stereocenters. The number of ether oxygens (including phenoxy) is 1. The van der Waals surface area contributed by atoms with E-state index < -0.39 is 0 Å². The molecule has 0 N–H and O–H groups in total. The second-order valence-electron chi connectivity index (χ2n) is 4.25. The summed E-state index contributed by atoms with van der Waals surface area (Å²) in [6.45, 7) is 7.91. The van der Waals surface area contributed by atoms with E-state index >= 15 is 0 Å². The predicted molar refractivity (Wildman–Crippen MR) is 60.7 cm³/mol.